The number of rotatable bonds is 7. The van der Waals surface area contributed by atoms with Gasteiger partial charge in [-0.25, -0.2) is 0 Å². The zero-order valence-electron chi connectivity index (χ0n) is 13.1. The van der Waals surface area contributed by atoms with Gasteiger partial charge in [0.15, 0.2) is 0 Å². The fourth-order valence-electron chi connectivity index (χ4n) is 2.19. The largest absolute Gasteiger partial charge is 0.465 e. The van der Waals surface area contributed by atoms with E-state index in [-0.39, 0.29) is 12.5 Å². The molecule has 0 saturated heterocycles. The first-order valence-corrected chi connectivity index (χ1v) is 7.58. The summed E-state index contributed by atoms with van der Waals surface area (Å²) in [5.74, 6) is -1.69. The Balaban J connectivity index is 2.03. The van der Waals surface area contributed by atoms with Crippen LogP contribution in [0.15, 0.2) is 54.9 Å². The summed E-state index contributed by atoms with van der Waals surface area (Å²) in [7, 11) is 0. The van der Waals surface area contributed by atoms with Crippen LogP contribution in [0.2, 0.25) is 0 Å². The van der Waals surface area contributed by atoms with Crippen molar-refractivity contribution in [1.29, 1.82) is 0 Å². The number of ether oxygens (including phenoxy) is 1. The molecule has 2 aromatic rings. The zero-order chi connectivity index (χ0) is 16.5. The van der Waals surface area contributed by atoms with E-state index in [1.54, 1.807) is 25.4 Å². The lowest BCUT2D eigenvalue weighted by Crippen LogP contribution is -2.37. The maximum atomic E-state index is 12.4. The van der Waals surface area contributed by atoms with E-state index in [9.17, 15) is 9.59 Å². The van der Waals surface area contributed by atoms with E-state index in [0.717, 1.165) is 11.1 Å². The van der Waals surface area contributed by atoms with Gasteiger partial charge in [0, 0.05) is 18.9 Å². The van der Waals surface area contributed by atoms with Gasteiger partial charge < -0.3 is 10.1 Å². The fourth-order valence-corrected chi connectivity index (χ4v) is 2.19. The van der Waals surface area contributed by atoms with Crippen LogP contribution in [-0.4, -0.2) is 23.5 Å². The Labute approximate surface area is 135 Å². The van der Waals surface area contributed by atoms with Crippen molar-refractivity contribution in [3.05, 3.63) is 66.0 Å². The van der Waals surface area contributed by atoms with E-state index in [0.29, 0.717) is 13.0 Å². The summed E-state index contributed by atoms with van der Waals surface area (Å²) in [6.45, 7) is 2.31. The van der Waals surface area contributed by atoms with Crippen molar-refractivity contribution >= 4 is 11.9 Å². The van der Waals surface area contributed by atoms with Gasteiger partial charge in [-0.05, 0) is 30.5 Å². The Hall–Kier alpha value is -2.69. The molecule has 5 heteroatoms. The van der Waals surface area contributed by atoms with Crippen LogP contribution in [0.5, 0.6) is 0 Å². The Morgan fingerprint density at radius 3 is 2.52 bits per heavy atom. The minimum Gasteiger partial charge on any atom is -0.465 e. The molecule has 0 bridgehead atoms. The third-order valence-corrected chi connectivity index (χ3v) is 3.36. The number of hydrogen-bond donors (Lipinski definition) is 1. The predicted molar refractivity (Wildman–Crippen MR) is 86.4 cm³/mol. The molecule has 0 saturated carbocycles. The Morgan fingerprint density at radius 1 is 1.13 bits per heavy atom. The van der Waals surface area contributed by atoms with E-state index in [2.05, 4.69) is 10.3 Å². The standard InChI is InChI=1S/C18H20N2O3/c1-2-23-18(22)16(11-14-7-4-3-5-8-14)17(21)20-13-15-9-6-10-19-12-15/h3-10,12,16H,2,11,13H2,1H3,(H,20,21)/t16-/m1/s1. The van der Waals surface area contributed by atoms with Crippen molar-refractivity contribution in [3.63, 3.8) is 0 Å². The van der Waals surface area contributed by atoms with Crippen LogP contribution < -0.4 is 5.32 Å². The number of hydrogen-bond acceptors (Lipinski definition) is 4. The number of nitrogens with one attached hydrogen (secondary N) is 1. The van der Waals surface area contributed by atoms with Crippen LogP contribution in [0.3, 0.4) is 0 Å². The second-order valence-corrected chi connectivity index (χ2v) is 5.07. The summed E-state index contributed by atoms with van der Waals surface area (Å²) in [5, 5.41) is 2.78. The first kappa shape index (κ1) is 16.7. The SMILES string of the molecule is CCOC(=O)[C@H](Cc1ccccc1)C(=O)NCc1cccnc1. The molecule has 0 fully saturated rings. The van der Waals surface area contributed by atoms with Gasteiger partial charge in [0.05, 0.1) is 6.61 Å². The molecule has 1 aromatic carbocycles. The smallest absolute Gasteiger partial charge is 0.318 e. The van der Waals surface area contributed by atoms with E-state index >= 15 is 0 Å². The van der Waals surface area contributed by atoms with Crippen LogP contribution >= 0.6 is 0 Å². The van der Waals surface area contributed by atoms with Gasteiger partial charge in [-0.2, -0.15) is 0 Å². The Morgan fingerprint density at radius 2 is 1.87 bits per heavy atom. The van der Waals surface area contributed by atoms with Crippen molar-refractivity contribution in [2.24, 2.45) is 5.92 Å². The van der Waals surface area contributed by atoms with E-state index in [1.165, 1.54) is 0 Å². The van der Waals surface area contributed by atoms with Crippen LogP contribution in [-0.2, 0) is 27.3 Å². The quantitative estimate of drug-likeness (QED) is 0.628. The summed E-state index contributed by atoms with van der Waals surface area (Å²) in [4.78, 5) is 28.5. The molecule has 0 aliphatic heterocycles. The number of benzene rings is 1. The van der Waals surface area contributed by atoms with E-state index in [4.69, 9.17) is 4.74 Å². The molecule has 1 aromatic heterocycles. The molecular formula is C18H20N2O3. The molecule has 23 heavy (non-hydrogen) atoms. The van der Waals surface area contributed by atoms with Crippen molar-refractivity contribution in [2.45, 2.75) is 19.9 Å². The molecule has 0 spiro atoms. The highest BCUT2D eigenvalue weighted by Gasteiger charge is 2.28. The molecule has 2 rings (SSSR count). The summed E-state index contributed by atoms with van der Waals surface area (Å²) in [6, 6.07) is 13.1. The lowest BCUT2D eigenvalue weighted by molar-refractivity contribution is -0.152. The minimum absolute atomic E-state index is 0.250. The third-order valence-electron chi connectivity index (χ3n) is 3.36. The molecule has 1 heterocycles. The molecule has 0 radical (unpaired) electrons. The van der Waals surface area contributed by atoms with Gasteiger partial charge in [0.2, 0.25) is 5.91 Å². The monoisotopic (exact) mass is 312 g/mol. The van der Waals surface area contributed by atoms with Gasteiger partial charge in [0.1, 0.15) is 5.92 Å². The number of nitrogens with zero attached hydrogens (tertiary/aromatic N) is 1. The van der Waals surface area contributed by atoms with Gasteiger partial charge in [-0.15, -0.1) is 0 Å². The van der Waals surface area contributed by atoms with Crippen molar-refractivity contribution < 1.29 is 14.3 Å². The Kier molecular flexibility index (Phi) is 6.29. The number of amides is 1. The van der Waals surface area contributed by atoms with Crippen molar-refractivity contribution in [2.75, 3.05) is 6.61 Å². The number of pyridine rings is 1. The third kappa shape index (κ3) is 5.21. The molecule has 0 unspecified atom stereocenters. The number of carbonyl (C=O) groups is 2. The molecule has 0 aliphatic carbocycles. The van der Waals surface area contributed by atoms with Crippen LogP contribution in [0.1, 0.15) is 18.1 Å². The maximum absolute atomic E-state index is 12.4. The topological polar surface area (TPSA) is 68.3 Å². The second-order valence-electron chi connectivity index (χ2n) is 5.07. The molecule has 5 nitrogen and oxygen atoms in total. The second kappa shape index (κ2) is 8.68. The van der Waals surface area contributed by atoms with Gasteiger partial charge >= 0.3 is 5.97 Å². The predicted octanol–water partition coefficient (Wildman–Crippen LogP) is 2.12. The molecular weight excluding hydrogens is 292 g/mol. The summed E-state index contributed by atoms with van der Waals surface area (Å²) < 4.78 is 5.04. The van der Waals surface area contributed by atoms with Crippen molar-refractivity contribution in [1.82, 2.24) is 10.3 Å². The first-order chi connectivity index (χ1) is 11.2. The number of esters is 1. The number of aromatic nitrogens is 1. The normalized spacial score (nSPS) is 11.5. The number of carbonyl (C=O) groups excluding carboxylic acids is 2. The summed E-state index contributed by atoms with van der Waals surface area (Å²) in [5.41, 5.74) is 1.80. The highest BCUT2D eigenvalue weighted by atomic mass is 16.5. The molecule has 1 amide bonds. The lowest BCUT2D eigenvalue weighted by atomic mass is 9.98. The summed E-state index contributed by atoms with van der Waals surface area (Å²) in [6.07, 6.45) is 3.66. The Bertz CT molecular complexity index is 629. The lowest BCUT2D eigenvalue weighted by Gasteiger charge is -2.15. The molecule has 0 aliphatic rings. The van der Waals surface area contributed by atoms with Crippen LogP contribution in [0, 0.1) is 5.92 Å². The minimum atomic E-state index is -0.853. The average Bonchev–Trinajstić information content (AvgIpc) is 2.59. The average molecular weight is 312 g/mol. The molecule has 1 N–H and O–H groups in total. The van der Waals surface area contributed by atoms with Gasteiger partial charge in [0.25, 0.3) is 0 Å². The molecule has 1 atom stereocenters. The fraction of sp³-hybridized carbons (Fsp3) is 0.278. The van der Waals surface area contributed by atoms with Gasteiger partial charge in [-0.3, -0.25) is 14.6 Å². The zero-order valence-corrected chi connectivity index (χ0v) is 13.1. The molecule has 120 valence electrons. The van der Waals surface area contributed by atoms with Crippen LogP contribution in [0.4, 0.5) is 0 Å². The first-order valence-electron chi connectivity index (χ1n) is 7.58. The highest BCUT2D eigenvalue weighted by Crippen LogP contribution is 2.11. The van der Waals surface area contributed by atoms with E-state index in [1.807, 2.05) is 36.4 Å². The van der Waals surface area contributed by atoms with E-state index < -0.39 is 11.9 Å². The highest BCUT2D eigenvalue weighted by molar-refractivity contribution is 5.98. The van der Waals surface area contributed by atoms with Crippen LogP contribution in [0.25, 0.3) is 0 Å². The van der Waals surface area contributed by atoms with Crippen molar-refractivity contribution in [3.8, 4) is 0 Å². The summed E-state index contributed by atoms with van der Waals surface area (Å²) >= 11 is 0. The van der Waals surface area contributed by atoms with Gasteiger partial charge in [-0.1, -0.05) is 36.4 Å². The maximum Gasteiger partial charge on any atom is 0.318 e.